The van der Waals surface area contributed by atoms with Crippen molar-refractivity contribution in [3.63, 3.8) is 0 Å². The summed E-state index contributed by atoms with van der Waals surface area (Å²) in [7, 11) is 3.14. The molecule has 5 rings (SSSR count). The molecule has 0 radical (unpaired) electrons. The molecule has 0 spiro atoms. The molecule has 0 unspecified atom stereocenters. The van der Waals surface area contributed by atoms with Crippen LogP contribution in [-0.4, -0.2) is 82.4 Å². The molecular weight excluding hydrogens is 689 g/mol. The number of alkyl halides is 3. The van der Waals surface area contributed by atoms with Gasteiger partial charge in [-0.1, -0.05) is 41.4 Å². The van der Waals surface area contributed by atoms with Crippen molar-refractivity contribution in [2.75, 3.05) is 49.7 Å². The highest BCUT2D eigenvalue weighted by Gasteiger charge is 2.45. The number of aromatic nitrogens is 3. The van der Waals surface area contributed by atoms with Gasteiger partial charge in [-0.15, -0.1) is 0 Å². The van der Waals surface area contributed by atoms with E-state index in [0.29, 0.717) is 34.9 Å². The van der Waals surface area contributed by atoms with Crippen LogP contribution < -0.4 is 20.7 Å². The molecule has 3 amide bonds. The van der Waals surface area contributed by atoms with Crippen molar-refractivity contribution in [2.45, 2.75) is 37.9 Å². The molecule has 0 bridgehead atoms. The van der Waals surface area contributed by atoms with Crippen molar-refractivity contribution in [2.24, 2.45) is 0 Å². The Labute approximate surface area is 297 Å². The molecule has 1 heterocycles. The number of likely N-dealkylation sites (N-methyl/N-ethyl adjacent to an activating group) is 1. The second kappa shape index (κ2) is 15.6. The number of ether oxygens (including phenoxy) is 1. The Kier molecular flexibility index (Phi) is 11.3. The minimum atomic E-state index is -4.60. The summed E-state index contributed by atoms with van der Waals surface area (Å²) >= 11 is 6.03. The van der Waals surface area contributed by atoms with E-state index in [1.807, 2.05) is 31.2 Å². The SMILES string of the molecule is Cc1ccc(NC(=O)C(=O)N(C)CCCN(C)C(=O)c2ccc(Nc3nc(NC4(c5ccc(Cl)cc5)CC4)nc(OCC(F)(F)F)n3)cc2)cc1. The number of benzene rings is 3. The smallest absolute Gasteiger partial charge is 0.422 e. The lowest BCUT2D eigenvalue weighted by Gasteiger charge is -2.21. The monoisotopic (exact) mass is 724 g/mol. The van der Waals surface area contributed by atoms with E-state index in [1.54, 1.807) is 55.6 Å². The molecule has 51 heavy (non-hydrogen) atoms. The first-order valence-corrected chi connectivity index (χ1v) is 16.3. The summed E-state index contributed by atoms with van der Waals surface area (Å²) in [5.41, 5.74) is 2.78. The van der Waals surface area contributed by atoms with Gasteiger partial charge in [-0.3, -0.25) is 14.4 Å². The summed E-state index contributed by atoms with van der Waals surface area (Å²) in [5, 5.41) is 9.30. The fraction of sp³-hybridized carbons (Fsp3) is 0.314. The van der Waals surface area contributed by atoms with Gasteiger partial charge in [0.1, 0.15) is 0 Å². The van der Waals surface area contributed by atoms with Crippen LogP contribution in [0, 0.1) is 6.92 Å². The number of hydrogen-bond donors (Lipinski definition) is 3. The lowest BCUT2D eigenvalue weighted by Crippen LogP contribution is -2.38. The number of anilines is 4. The molecule has 3 N–H and O–H groups in total. The maximum absolute atomic E-state index is 13.1. The van der Waals surface area contributed by atoms with Gasteiger partial charge in [-0.05, 0) is 80.3 Å². The molecule has 1 aromatic heterocycles. The first-order valence-electron chi connectivity index (χ1n) is 16.0. The Morgan fingerprint density at radius 3 is 2.08 bits per heavy atom. The summed E-state index contributed by atoms with van der Waals surface area (Å²) in [5.74, 6) is -1.77. The quantitative estimate of drug-likeness (QED) is 0.138. The minimum absolute atomic E-state index is 0.0183. The van der Waals surface area contributed by atoms with Gasteiger partial charge in [0.15, 0.2) is 6.61 Å². The van der Waals surface area contributed by atoms with Gasteiger partial charge in [0.05, 0.1) is 5.54 Å². The molecule has 0 aliphatic heterocycles. The first kappa shape index (κ1) is 36.8. The summed E-state index contributed by atoms with van der Waals surface area (Å²) in [4.78, 5) is 53.2. The molecule has 268 valence electrons. The molecule has 1 aliphatic rings. The Hall–Kier alpha value is -5.44. The zero-order chi connectivity index (χ0) is 36.8. The number of halogens is 4. The first-order chi connectivity index (χ1) is 24.2. The lowest BCUT2D eigenvalue weighted by atomic mass is 10.1. The predicted octanol–water partition coefficient (Wildman–Crippen LogP) is 6.18. The fourth-order valence-electron chi connectivity index (χ4n) is 5.06. The van der Waals surface area contributed by atoms with Crippen LogP contribution in [0.1, 0.15) is 40.7 Å². The highest BCUT2D eigenvalue weighted by Crippen LogP contribution is 2.48. The molecule has 12 nitrogen and oxygen atoms in total. The van der Waals surface area contributed by atoms with Gasteiger partial charge in [-0.2, -0.15) is 28.1 Å². The number of carbonyl (C=O) groups excluding carboxylic acids is 3. The van der Waals surface area contributed by atoms with Crippen LogP contribution >= 0.6 is 11.6 Å². The summed E-state index contributed by atoms with van der Waals surface area (Å²) in [6.07, 6.45) is -2.69. The van der Waals surface area contributed by atoms with E-state index < -0.39 is 36.1 Å². The number of nitrogens with zero attached hydrogens (tertiary/aromatic N) is 5. The van der Waals surface area contributed by atoms with E-state index in [4.69, 9.17) is 16.3 Å². The van der Waals surface area contributed by atoms with Crippen molar-refractivity contribution < 1.29 is 32.3 Å². The average molecular weight is 725 g/mol. The van der Waals surface area contributed by atoms with Gasteiger partial charge >= 0.3 is 24.0 Å². The number of hydrogen-bond acceptors (Lipinski definition) is 9. The molecule has 0 atom stereocenters. The van der Waals surface area contributed by atoms with Crippen molar-refractivity contribution >= 4 is 52.6 Å². The van der Waals surface area contributed by atoms with Gasteiger partial charge in [0.25, 0.3) is 5.91 Å². The molecular formula is C35H36ClF3N8O4. The van der Waals surface area contributed by atoms with E-state index in [0.717, 1.165) is 24.0 Å². The van der Waals surface area contributed by atoms with E-state index in [1.165, 1.54) is 16.8 Å². The predicted molar refractivity (Wildman–Crippen MR) is 186 cm³/mol. The number of rotatable bonds is 13. The average Bonchev–Trinajstić information content (AvgIpc) is 3.88. The van der Waals surface area contributed by atoms with E-state index >= 15 is 0 Å². The Morgan fingerprint density at radius 1 is 0.843 bits per heavy atom. The van der Waals surface area contributed by atoms with Gasteiger partial charge < -0.3 is 30.5 Å². The van der Waals surface area contributed by atoms with Crippen LogP contribution in [0.4, 0.5) is 36.4 Å². The van der Waals surface area contributed by atoms with Crippen LogP contribution in [0.25, 0.3) is 0 Å². The number of nitrogens with one attached hydrogen (secondary N) is 3. The highest BCUT2D eigenvalue weighted by molar-refractivity contribution is 6.39. The van der Waals surface area contributed by atoms with Crippen molar-refractivity contribution in [1.29, 1.82) is 0 Å². The summed E-state index contributed by atoms with van der Waals surface area (Å²) < 4.78 is 43.6. The third kappa shape index (κ3) is 10.3. The maximum Gasteiger partial charge on any atom is 0.422 e. The molecule has 0 saturated heterocycles. The normalized spacial score (nSPS) is 13.2. The molecule has 3 aromatic carbocycles. The van der Waals surface area contributed by atoms with Gasteiger partial charge in [-0.25, -0.2) is 0 Å². The van der Waals surface area contributed by atoms with Crippen LogP contribution in [0.2, 0.25) is 5.02 Å². The van der Waals surface area contributed by atoms with Gasteiger partial charge in [0.2, 0.25) is 11.9 Å². The Morgan fingerprint density at radius 2 is 1.45 bits per heavy atom. The van der Waals surface area contributed by atoms with Crippen LogP contribution in [0.3, 0.4) is 0 Å². The Bertz CT molecular complexity index is 1860. The maximum atomic E-state index is 13.1. The van der Waals surface area contributed by atoms with E-state index in [9.17, 15) is 27.6 Å². The Balaban J connectivity index is 1.17. The molecule has 1 fully saturated rings. The topological polar surface area (TPSA) is 142 Å². The van der Waals surface area contributed by atoms with Crippen molar-refractivity contribution in [3.05, 3.63) is 94.5 Å². The minimum Gasteiger partial charge on any atom is -0.454 e. The second-order valence-corrected chi connectivity index (χ2v) is 12.6. The lowest BCUT2D eigenvalue weighted by molar-refractivity contribution is -0.154. The summed E-state index contributed by atoms with van der Waals surface area (Å²) in [6.45, 7) is 0.895. The number of amides is 3. The zero-order valence-electron chi connectivity index (χ0n) is 28.1. The second-order valence-electron chi connectivity index (χ2n) is 12.2. The number of carbonyl (C=O) groups is 3. The van der Waals surface area contributed by atoms with Crippen molar-refractivity contribution in [1.82, 2.24) is 24.8 Å². The van der Waals surface area contributed by atoms with E-state index in [-0.39, 0.29) is 24.3 Å². The van der Waals surface area contributed by atoms with Gasteiger partial charge in [0, 0.05) is 49.1 Å². The number of aryl methyl sites for hydroxylation is 1. The molecule has 16 heteroatoms. The third-order valence-corrected chi connectivity index (χ3v) is 8.30. The van der Waals surface area contributed by atoms with Crippen LogP contribution in [0.15, 0.2) is 72.8 Å². The standard InChI is InChI=1S/C35H36ClF3N8O4/c1-22-5-13-26(14-6-22)40-28(48)30(50)47(3)20-4-19-46(2)29(49)23-7-15-27(16-8-23)41-31-42-32(44-33(43-31)51-21-35(37,38)39)45-34(17-18-34)24-9-11-25(36)12-10-24/h5-16H,4,17-21H2,1-3H3,(H,40,48)(H2,41,42,43,44,45). The van der Waals surface area contributed by atoms with Crippen LogP contribution in [-0.2, 0) is 15.1 Å². The third-order valence-electron chi connectivity index (χ3n) is 8.05. The molecule has 4 aromatic rings. The van der Waals surface area contributed by atoms with Crippen molar-refractivity contribution in [3.8, 4) is 6.01 Å². The summed E-state index contributed by atoms with van der Waals surface area (Å²) in [6, 6.07) is 20.1. The molecule has 1 saturated carbocycles. The highest BCUT2D eigenvalue weighted by atomic mass is 35.5. The fourth-order valence-corrected chi connectivity index (χ4v) is 5.19. The largest absolute Gasteiger partial charge is 0.454 e. The van der Waals surface area contributed by atoms with Crippen LogP contribution in [0.5, 0.6) is 6.01 Å². The zero-order valence-corrected chi connectivity index (χ0v) is 28.8. The molecule has 1 aliphatic carbocycles. The van der Waals surface area contributed by atoms with E-state index in [2.05, 4.69) is 30.9 Å².